The van der Waals surface area contributed by atoms with Crippen LogP contribution in [-0.4, -0.2) is 53.5 Å². The van der Waals surface area contributed by atoms with Crippen molar-refractivity contribution >= 4 is 27.8 Å². The van der Waals surface area contributed by atoms with E-state index >= 15 is 0 Å². The number of carbonyl (C=O) groups excluding carboxylic acids is 1. The Bertz CT molecular complexity index is 1310. The number of sulfonamides is 1. The summed E-state index contributed by atoms with van der Waals surface area (Å²) in [4.78, 5) is 12.7. The topological polar surface area (TPSA) is 127 Å². The number of phenolic OH excluding ortho intramolecular Hbond substituents is 1. The third kappa shape index (κ3) is 6.01. The first-order valence-corrected chi connectivity index (χ1v) is 11.7. The molecule has 3 aromatic carbocycles. The van der Waals surface area contributed by atoms with E-state index in [0.717, 1.165) is 4.31 Å². The molecule has 1 amide bonds. The number of anilines is 1. The van der Waals surface area contributed by atoms with Crippen molar-refractivity contribution in [2.75, 3.05) is 32.2 Å². The molecule has 3 rings (SSSR count). The van der Waals surface area contributed by atoms with Gasteiger partial charge >= 0.3 is 0 Å². The molecule has 0 unspecified atom stereocenters. The number of benzene rings is 3. The number of rotatable bonds is 10. The van der Waals surface area contributed by atoms with Crippen molar-refractivity contribution in [3.05, 3.63) is 72.3 Å². The van der Waals surface area contributed by atoms with Gasteiger partial charge in [-0.05, 0) is 48.0 Å². The Labute approximate surface area is 203 Å². The molecule has 3 aromatic rings. The van der Waals surface area contributed by atoms with Gasteiger partial charge in [-0.25, -0.2) is 13.8 Å². The zero-order valence-corrected chi connectivity index (χ0v) is 20.2. The molecule has 0 heterocycles. The van der Waals surface area contributed by atoms with Gasteiger partial charge in [0.25, 0.3) is 15.9 Å². The Morgan fingerprint density at radius 2 is 1.63 bits per heavy atom. The zero-order valence-electron chi connectivity index (χ0n) is 19.3. The van der Waals surface area contributed by atoms with Crippen molar-refractivity contribution in [3.8, 4) is 23.0 Å². The van der Waals surface area contributed by atoms with E-state index in [1.807, 2.05) is 0 Å². The smallest absolute Gasteiger partial charge is 0.264 e. The normalized spacial score (nSPS) is 11.2. The Hall–Kier alpha value is -4.25. The summed E-state index contributed by atoms with van der Waals surface area (Å²) in [5.74, 6) is 0.241. The van der Waals surface area contributed by atoms with E-state index in [2.05, 4.69) is 10.5 Å². The van der Waals surface area contributed by atoms with Crippen molar-refractivity contribution in [2.24, 2.45) is 5.10 Å². The van der Waals surface area contributed by atoms with Crippen molar-refractivity contribution in [1.82, 2.24) is 5.43 Å². The molecule has 0 bridgehead atoms. The molecule has 0 radical (unpaired) electrons. The molecule has 184 valence electrons. The SMILES string of the molecule is COc1cc(/C=N\NC(=O)CN(c2ccc(OC)c(OC)c2)S(=O)(=O)c2ccccc2)ccc1O. The van der Waals surface area contributed by atoms with Crippen LogP contribution in [0.5, 0.6) is 23.0 Å². The monoisotopic (exact) mass is 499 g/mol. The van der Waals surface area contributed by atoms with Crippen molar-refractivity contribution in [3.63, 3.8) is 0 Å². The van der Waals surface area contributed by atoms with Gasteiger partial charge in [0.2, 0.25) is 0 Å². The second-order valence-corrected chi connectivity index (χ2v) is 8.95. The Balaban J connectivity index is 1.88. The maximum atomic E-state index is 13.4. The fourth-order valence-corrected chi connectivity index (χ4v) is 4.57. The highest BCUT2D eigenvalue weighted by atomic mass is 32.2. The molecule has 0 spiro atoms. The number of ether oxygens (including phenoxy) is 3. The van der Waals surface area contributed by atoms with E-state index < -0.39 is 22.5 Å². The third-order valence-corrected chi connectivity index (χ3v) is 6.67. The van der Waals surface area contributed by atoms with Crippen LogP contribution in [0, 0.1) is 0 Å². The largest absolute Gasteiger partial charge is 0.504 e. The van der Waals surface area contributed by atoms with E-state index in [0.29, 0.717) is 17.1 Å². The standard InChI is InChI=1S/C24H25N3O7S/c1-32-21-12-10-18(14-23(21)34-3)27(35(30,31)19-7-5-4-6-8-19)16-24(29)26-25-15-17-9-11-20(28)22(13-17)33-2/h4-15,28H,16H2,1-3H3,(H,26,29)/b25-15-. The quantitative estimate of drug-likeness (QED) is 0.324. The third-order valence-electron chi connectivity index (χ3n) is 4.88. The number of hydrazone groups is 1. The van der Waals surface area contributed by atoms with Gasteiger partial charge in [0.15, 0.2) is 23.0 Å². The van der Waals surface area contributed by atoms with Crippen LogP contribution in [0.2, 0.25) is 0 Å². The van der Waals surface area contributed by atoms with E-state index in [1.54, 1.807) is 30.3 Å². The minimum atomic E-state index is -4.10. The Morgan fingerprint density at radius 1 is 0.943 bits per heavy atom. The molecule has 0 atom stereocenters. The fourth-order valence-electron chi connectivity index (χ4n) is 3.13. The first-order valence-electron chi connectivity index (χ1n) is 10.3. The predicted octanol–water partition coefficient (Wildman–Crippen LogP) is 2.76. The minimum Gasteiger partial charge on any atom is -0.504 e. The minimum absolute atomic E-state index is 0.0160. The van der Waals surface area contributed by atoms with Gasteiger partial charge in [0.05, 0.1) is 38.1 Å². The lowest BCUT2D eigenvalue weighted by Crippen LogP contribution is -2.39. The van der Waals surface area contributed by atoms with Gasteiger partial charge in [-0.2, -0.15) is 5.10 Å². The van der Waals surface area contributed by atoms with Crippen LogP contribution in [0.1, 0.15) is 5.56 Å². The highest BCUT2D eigenvalue weighted by molar-refractivity contribution is 7.92. The summed E-state index contributed by atoms with van der Waals surface area (Å²) >= 11 is 0. The number of methoxy groups -OCH3 is 3. The van der Waals surface area contributed by atoms with Gasteiger partial charge in [0, 0.05) is 6.07 Å². The zero-order chi connectivity index (χ0) is 25.4. The first-order chi connectivity index (χ1) is 16.8. The number of carbonyl (C=O) groups is 1. The first kappa shape index (κ1) is 25.4. The summed E-state index contributed by atoms with van der Waals surface area (Å²) in [6, 6.07) is 16.8. The number of nitrogens with one attached hydrogen (secondary N) is 1. The summed E-state index contributed by atoms with van der Waals surface area (Å²) in [5, 5.41) is 13.6. The molecular formula is C24H25N3O7S. The predicted molar refractivity (Wildman–Crippen MR) is 131 cm³/mol. The number of hydrogen-bond acceptors (Lipinski definition) is 8. The molecule has 35 heavy (non-hydrogen) atoms. The number of nitrogens with zero attached hydrogens (tertiary/aromatic N) is 2. The molecule has 2 N–H and O–H groups in total. The highest BCUT2D eigenvalue weighted by Gasteiger charge is 2.28. The summed E-state index contributed by atoms with van der Waals surface area (Å²) in [6.45, 7) is -0.553. The molecule has 10 nitrogen and oxygen atoms in total. The van der Waals surface area contributed by atoms with Crippen LogP contribution in [-0.2, 0) is 14.8 Å². The lowest BCUT2D eigenvalue weighted by atomic mass is 10.2. The van der Waals surface area contributed by atoms with E-state index in [4.69, 9.17) is 14.2 Å². The average Bonchev–Trinajstić information content (AvgIpc) is 2.88. The lowest BCUT2D eigenvalue weighted by Gasteiger charge is -2.24. The van der Waals surface area contributed by atoms with E-state index in [9.17, 15) is 18.3 Å². The molecule has 11 heteroatoms. The number of hydrogen-bond donors (Lipinski definition) is 2. The fraction of sp³-hybridized carbons (Fsp3) is 0.167. The van der Waals surface area contributed by atoms with Gasteiger partial charge < -0.3 is 19.3 Å². The number of amides is 1. The number of phenols is 1. The van der Waals surface area contributed by atoms with Gasteiger partial charge in [0.1, 0.15) is 6.54 Å². The average molecular weight is 500 g/mol. The molecule has 0 saturated heterocycles. The maximum absolute atomic E-state index is 13.4. The van der Waals surface area contributed by atoms with Crippen LogP contribution in [0.3, 0.4) is 0 Å². The molecular weight excluding hydrogens is 474 g/mol. The van der Waals surface area contributed by atoms with Crippen LogP contribution in [0.4, 0.5) is 5.69 Å². The summed E-state index contributed by atoms with van der Waals surface area (Å²) in [7, 11) is 0.197. The van der Waals surface area contributed by atoms with Crippen LogP contribution >= 0.6 is 0 Å². The molecule has 0 aliphatic carbocycles. The maximum Gasteiger partial charge on any atom is 0.264 e. The van der Waals surface area contributed by atoms with Crippen molar-refractivity contribution in [2.45, 2.75) is 4.90 Å². The number of aromatic hydroxyl groups is 1. The van der Waals surface area contributed by atoms with Gasteiger partial charge in [-0.1, -0.05) is 18.2 Å². The van der Waals surface area contributed by atoms with Gasteiger partial charge in [-0.3, -0.25) is 9.10 Å². The van der Waals surface area contributed by atoms with E-state index in [-0.39, 0.29) is 22.1 Å². The van der Waals surface area contributed by atoms with E-state index in [1.165, 1.54) is 63.9 Å². The summed E-state index contributed by atoms with van der Waals surface area (Å²) < 4.78 is 43.3. The van der Waals surface area contributed by atoms with Crippen LogP contribution < -0.4 is 23.9 Å². The highest BCUT2D eigenvalue weighted by Crippen LogP contribution is 2.33. The molecule has 0 aromatic heterocycles. The second-order valence-electron chi connectivity index (χ2n) is 7.09. The van der Waals surface area contributed by atoms with Crippen molar-refractivity contribution < 1.29 is 32.5 Å². The van der Waals surface area contributed by atoms with Crippen LogP contribution in [0.15, 0.2) is 76.7 Å². The molecule has 0 aliphatic rings. The van der Waals surface area contributed by atoms with Gasteiger partial charge in [-0.15, -0.1) is 0 Å². The molecule has 0 saturated carbocycles. The van der Waals surface area contributed by atoms with Crippen LogP contribution in [0.25, 0.3) is 0 Å². The summed E-state index contributed by atoms with van der Waals surface area (Å²) in [6.07, 6.45) is 1.34. The second kappa shape index (κ2) is 11.3. The molecule has 0 aliphatic heterocycles. The van der Waals surface area contributed by atoms with Crippen molar-refractivity contribution in [1.29, 1.82) is 0 Å². The molecule has 0 fully saturated rings. The Kier molecular flexibility index (Phi) is 8.16. The summed E-state index contributed by atoms with van der Waals surface area (Å²) in [5.41, 5.74) is 3.08. The lowest BCUT2D eigenvalue weighted by molar-refractivity contribution is -0.119. The Morgan fingerprint density at radius 3 is 2.29 bits per heavy atom.